The smallest absolute Gasteiger partial charge is 0.266 e. The van der Waals surface area contributed by atoms with Crippen LogP contribution in [-0.4, -0.2) is 34.2 Å². The minimum atomic E-state index is -0.532. The van der Waals surface area contributed by atoms with Crippen LogP contribution in [0.1, 0.15) is 5.56 Å². The number of amides is 2. The maximum Gasteiger partial charge on any atom is 0.266 e. The Labute approximate surface area is 137 Å². The number of benzene rings is 1. The van der Waals surface area contributed by atoms with E-state index in [0.29, 0.717) is 21.5 Å². The van der Waals surface area contributed by atoms with E-state index in [-0.39, 0.29) is 12.5 Å². The van der Waals surface area contributed by atoms with Crippen molar-refractivity contribution in [2.45, 2.75) is 0 Å². The van der Waals surface area contributed by atoms with E-state index in [4.69, 9.17) is 22.7 Å². The van der Waals surface area contributed by atoms with E-state index < -0.39 is 5.91 Å². The Morgan fingerprint density at radius 3 is 2.68 bits per heavy atom. The summed E-state index contributed by atoms with van der Waals surface area (Å²) in [7, 11) is 0. The Morgan fingerprint density at radius 1 is 1.41 bits per heavy atom. The van der Waals surface area contributed by atoms with Crippen LogP contribution in [-0.2, 0) is 9.59 Å². The molecule has 1 aliphatic rings. The molecule has 2 N–H and O–H groups in total. The van der Waals surface area contributed by atoms with Gasteiger partial charge in [0.05, 0.1) is 4.91 Å². The van der Waals surface area contributed by atoms with E-state index in [1.165, 1.54) is 16.7 Å². The molecule has 1 fully saturated rings. The first-order valence-corrected chi connectivity index (χ1v) is 7.61. The summed E-state index contributed by atoms with van der Waals surface area (Å²) in [6.07, 6.45) is 3.40. The summed E-state index contributed by atoms with van der Waals surface area (Å²) in [5.41, 5.74) is 5.85. The molecule has 1 saturated heterocycles. The minimum Gasteiger partial charge on any atom is -0.484 e. The molecule has 0 saturated carbocycles. The summed E-state index contributed by atoms with van der Waals surface area (Å²) in [6.45, 7) is 3.85. The van der Waals surface area contributed by atoms with E-state index in [9.17, 15) is 9.59 Å². The summed E-state index contributed by atoms with van der Waals surface area (Å²) >= 11 is 6.44. The van der Waals surface area contributed by atoms with Crippen molar-refractivity contribution in [3.05, 3.63) is 47.4 Å². The standard InChI is InChI=1S/C15H14N2O3S2/c1-2-7-17-14(19)12(22-15(17)21)8-10-3-5-11(6-4-10)20-9-13(16)18/h2-6,8H,1,7,9H2,(H2,16,18)/b12-8-. The van der Waals surface area contributed by atoms with Crippen molar-refractivity contribution in [3.63, 3.8) is 0 Å². The van der Waals surface area contributed by atoms with Gasteiger partial charge in [0.25, 0.3) is 11.8 Å². The molecule has 0 unspecified atom stereocenters. The number of hydrogen-bond donors (Lipinski definition) is 1. The summed E-state index contributed by atoms with van der Waals surface area (Å²) < 4.78 is 5.70. The van der Waals surface area contributed by atoms with Crippen molar-refractivity contribution < 1.29 is 14.3 Å². The highest BCUT2D eigenvalue weighted by molar-refractivity contribution is 8.26. The number of nitrogens with zero attached hydrogens (tertiary/aromatic N) is 1. The molecule has 1 aromatic carbocycles. The van der Waals surface area contributed by atoms with Crippen molar-refractivity contribution in [2.24, 2.45) is 5.73 Å². The van der Waals surface area contributed by atoms with Crippen LogP contribution < -0.4 is 10.5 Å². The highest BCUT2D eigenvalue weighted by atomic mass is 32.2. The number of rotatable bonds is 6. The Hall–Kier alpha value is -2.12. The van der Waals surface area contributed by atoms with Gasteiger partial charge in [-0.2, -0.15) is 0 Å². The molecular formula is C15H14N2O3S2. The monoisotopic (exact) mass is 334 g/mol. The summed E-state index contributed by atoms with van der Waals surface area (Å²) in [5.74, 6) is -0.117. The van der Waals surface area contributed by atoms with Gasteiger partial charge in [0.1, 0.15) is 10.1 Å². The number of primary amides is 1. The molecule has 1 aliphatic heterocycles. The second-order valence-corrected chi connectivity index (χ2v) is 6.08. The molecule has 0 spiro atoms. The predicted octanol–water partition coefficient (Wildman–Crippen LogP) is 1.94. The molecule has 1 aromatic rings. The van der Waals surface area contributed by atoms with E-state index in [1.807, 2.05) is 0 Å². The van der Waals surface area contributed by atoms with Crippen LogP contribution in [0, 0.1) is 0 Å². The van der Waals surface area contributed by atoms with Crippen LogP contribution in [0.5, 0.6) is 5.75 Å². The third kappa shape index (κ3) is 3.96. The number of nitrogens with two attached hydrogens (primary N) is 1. The van der Waals surface area contributed by atoms with Crippen molar-refractivity contribution in [3.8, 4) is 5.75 Å². The van der Waals surface area contributed by atoms with E-state index in [2.05, 4.69) is 6.58 Å². The van der Waals surface area contributed by atoms with E-state index in [1.54, 1.807) is 36.4 Å². The lowest BCUT2D eigenvalue weighted by Crippen LogP contribution is -2.27. The summed E-state index contributed by atoms with van der Waals surface area (Å²) in [6, 6.07) is 6.99. The molecule has 0 atom stereocenters. The third-order valence-corrected chi connectivity index (χ3v) is 4.12. The molecule has 0 aliphatic carbocycles. The van der Waals surface area contributed by atoms with Gasteiger partial charge < -0.3 is 10.5 Å². The van der Waals surface area contributed by atoms with Crippen LogP contribution in [0.25, 0.3) is 6.08 Å². The van der Waals surface area contributed by atoms with Gasteiger partial charge in [-0.05, 0) is 23.8 Å². The van der Waals surface area contributed by atoms with Gasteiger partial charge in [-0.15, -0.1) is 6.58 Å². The number of carbonyl (C=O) groups is 2. The molecule has 2 amide bonds. The predicted molar refractivity (Wildman–Crippen MR) is 91.2 cm³/mol. The highest BCUT2D eigenvalue weighted by Crippen LogP contribution is 2.32. The molecule has 0 aromatic heterocycles. The van der Waals surface area contributed by atoms with Crippen molar-refractivity contribution >= 4 is 46.2 Å². The molecule has 7 heteroatoms. The molecule has 2 rings (SSSR count). The second kappa shape index (κ2) is 7.24. The summed E-state index contributed by atoms with van der Waals surface area (Å²) in [5, 5.41) is 0. The van der Waals surface area contributed by atoms with Gasteiger partial charge in [0.2, 0.25) is 0 Å². The van der Waals surface area contributed by atoms with Crippen LogP contribution >= 0.6 is 24.0 Å². The normalized spacial score (nSPS) is 16.2. The lowest BCUT2D eigenvalue weighted by molar-refractivity contribution is -0.122. The lowest BCUT2D eigenvalue weighted by Gasteiger charge is -2.10. The van der Waals surface area contributed by atoms with Crippen LogP contribution in [0.15, 0.2) is 41.8 Å². The van der Waals surface area contributed by atoms with Gasteiger partial charge >= 0.3 is 0 Å². The molecule has 0 radical (unpaired) electrons. The van der Waals surface area contributed by atoms with Gasteiger partial charge in [-0.25, -0.2) is 0 Å². The molecule has 5 nitrogen and oxygen atoms in total. The number of carbonyl (C=O) groups excluding carboxylic acids is 2. The molecular weight excluding hydrogens is 320 g/mol. The third-order valence-electron chi connectivity index (χ3n) is 2.74. The number of hydrogen-bond acceptors (Lipinski definition) is 5. The Balaban J connectivity index is 2.09. The zero-order chi connectivity index (χ0) is 16.1. The fourth-order valence-corrected chi connectivity index (χ4v) is 3.03. The SMILES string of the molecule is C=CCN1C(=O)/C(=C/c2ccc(OCC(N)=O)cc2)SC1=S. The number of ether oxygens (including phenoxy) is 1. The van der Waals surface area contributed by atoms with Gasteiger partial charge in [-0.1, -0.05) is 42.2 Å². The maximum absolute atomic E-state index is 12.2. The Kier molecular flexibility index (Phi) is 5.35. The van der Waals surface area contributed by atoms with Crippen LogP contribution in [0.4, 0.5) is 0 Å². The first-order chi connectivity index (χ1) is 10.5. The van der Waals surface area contributed by atoms with Gasteiger partial charge in [-0.3, -0.25) is 14.5 Å². The van der Waals surface area contributed by atoms with Crippen LogP contribution in [0.2, 0.25) is 0 Å². The van der Waals surface area contributed by atoms with E-state index in [0.717, 1.165) is 5.56 Å². The Bertz CT molecular complexity index is 653. The number of thioether (sulfide) groups is 1. The molecule has 114 valence electrons. The van der Waals surface area contributed by atoms with Crippen molar-refractivity contribution in [2.75, 3.05) is 13.2 Å². The fourth-order valence-electron chi connectivity index (χ4n) is 1.75. The van der Waals surface area contributed by atoms with Gasteiger partial charge in [0.15, 0.2) is 6.61 Å². The molecule has 0 bridgehead atoms. The maximum atomic E-state index is 12.2. The minimum absolute atomic E-state index is 0.121. The fraction of sp³-hybridized carbons (Fsp3) is 0.133. The average Bonchev–Trinajstić information content (AvgIpc) is 2.74. The first-order valence-electron chi connectivity index (χ1n) is 6.38. The van der Waals surface area contributed by atoms with Crippen molar-refractivity contribution in [1.82, 2.24) is 4.90 Å². The van der Waals surface area contributed by atoms with Gasteiger partial charge in [0, 0.05) is 6.54 Å². The quantitative estimate of drug-likeness (QED) is 0.489. The second-order valence-electron chi connectivity index (χ2n) is 4.41. The first kappa shape index (κ1) is 16.3. The van der Waals surface area contributed by atoms with Crippen LogP contribution in [0.3, 0.4) is 0 Å². The lowest BCUT2D eigenvalue weighted by atomic mass is 10.2. The Morgan fingerprint density at radius 2 is 2.09 bits per heavy atom. The molecule has 22 heavy (non-hydrogen) atoms. The largest absolute Gasteiger partial charge is 0.484 e. The zero-order valence-corrected chi connectivity index (χ0v) is 13.3. The van der Waals surface area contributed by atoms with Crippen molar-refractivity contribution in [1.29, 1.82) is 0 Å². The zero-order valence-electron chi connectivity index (χ0n) is 11.7. The van der Waals surface area contributed by atoms with E-state index >= 15 is 0 Å². The number of thiocarbonyl (C=S) groups is 1. The summed E-state index contributed by atoms with van der Waals surface area (Å²) in [4.78, 5) is 24.9. The average molecular weight is 334 g/mol. The topological polar surface area (TPSA) is 72.6 Å². The highest BCUT2D eigenvalue weighted by Gasteiger charge is 2.30. The molecule has 1 heterocycles.